The van der Waals surface area contributed by atoms with Gasteiger partial charge in [0.15, 0.2) is 0 Å². The Bertz CT molecular complexity index is 385. The molecule has 1 aromatic rings. The molecule has 0 aromatic heterocycles. The van der Waals surface area contributed by atoms with E-state index in [1.165, 1.54) is 83.5 Å². The van der Waals surface area contributed by atoms with Crippen molar-refractivity contribution in [1.82, 2.24) is 0 Å². The fraction of sp³-hybridized carbons (Fsp3) is 0.727. The predicted molar refractivity (Wildman–Crippen MR) is 102 cm³/mol. The first-order valence-electron chi connectivity index (χ1n) is 10.0. The van der Waals surface area contributed by atoms with E-state index < -0.39 is 0 Å². The van der Waals surface area contributed by atoms with Gasteiger partial charge < -0.3 is 5.11 Å². The van der Waals surface area contributed by atoms with E-state index in [1.54, 1.807) is 6.07 Å². The minimum absolute atomic E-state index is 0.457. The summed E-state index contributed by atoms with van der Waals surface area (Å²) in [5.74, 6) is 0.929. The molecule has 0 aliphatic carbocycles. The Hall–Kier alpha value is -0.980. The number of hydrogen-bond acceptors (Lipinski definition) is 1. The third-order valence-electron chi connectivity index (χ3n) is 4.96. The summed E-state index contributed by atoms with van der Waals surface area (Å²) in [6.07, 6.45) is 18.0. The summed E-state index contributed by atoms with van der Waals surface area (Å²) in [5, 5.41) is 9.87. The molecule has 0 saturated carbocycles. The molecule has 1 N–H and O–H groups in total. The number of phenolic OH excluding ortho intramolecular Hbond substituents is 1. The molecule has 1 atom stereocenters. The number of hydrogen-bond donors (Lipinski definition) is 1. The van der Waals surface area contributed by atoms with Crippen molar-refractivity contribution in [2.45, 2.75) is 103 Å². The monoisotopic (exact) mass is 318 g/mol. The topological polar surface area (TPSA) is 20.2 Å². The maximum Gasteiger partial charge on any atom is 0.119 e. The van der Waals surface area contributed by atoms with Crippen LogP contribution in [0.1, 0.15) is 109 Å². The Morgan fingerprint density at radius 2 is 1.22 bits per heavy atom. The summed E-state index contributed by atoms with van der Waals surface area (Å²) in [7, 11) is 0. The molecule has 0 radical (unpaired) electrons. The number of rotatable bonds is 14. The summed E-state index contributed by atoms with van der Waals surface area (Å²) in [5.41, 5.74) is 1.11. The quantitative estimate of drug-likeness (QED) is 0.350. The number of unbranched alkanes of at least 4 members (excludes halogenated alkanes) is 11. The van der Waals surface area contributed by atoms with Crippen molar-refractivity contribution in [2.75, 3.05) is 0 Å². The van der Waals surface area contributed by atoms with Crippen molar-refractivity contribution >= 4 is 0 Å². The number of para-hydroxylation sites is 1. The van der Waals surface area contributed by atoms with Crippen molar-refractivity contribution in [3.8, 4) is 5.75 Å². The van der Waals surface area contributed by atoms with Crippen molar-refractivity contribution in [3.63, 3.8) is 0 Å². The van der Waals surface area contributed by atoms with Gasteiger partial charge in [0.05, 0.1) is 0 Å². The molecule has 0 aliphatic rings. The zero-order valence-electron chi connectivity index (χ0n) is 15.5. The molecular weight excluding hydrogens is 280 g/mol. The first-order chi connectivity index (χ1) is 11.3. The van der Waals surface area contributed by atoms with Crippen LogP contribution in [0.5, 0.6) is 5.75 Å². The Balaban J connectivity index is 1.91. The standard InChI is InChI=1S/C22H38O/c1-3-4-5-6-7-8-9-10-11-12-13-14-17-20(2)21-18-15-16-19-22(21)23/h15-16,18-20,23H,3-14,17H2,1-2H3. The van der Waals surface area contributed by atoms with Crippen LogP contribution >= 0.6 is 0 Å². The maximum absolute atomic E-state index is 9.87. The summed E-state index contributed by atoms with van der Waals surface area (Å²) in [6, 6.07) is 7.78. The Morgan fingerprint density at radius 1 is 0.739 bits per heavy atom. The first kappa shape index (κ1) is 20.1. The van der Waals surface area contributed by atoms with Gasteiger partial charge in [-0.3, -0.25) is 0 Å². The van der Waals surface area contributed by atoms with Crippen LogP contribution in [0.2, 0.25) is 0 Å². The van der Waals surface area contributed by atoms with Crippen LogP contribution in [0, 0.1) is 0 Å². The number of phenols is 1. The highest BCUT2D eigenvalue weighted by Crippen LogP contribution is 2.29. The smallest absolute Gasteiger partial charge is 0.119 e. The van der Waals surface area contributed by atoms with E-state index in [0.717, 1.165) is 5.56 Å². The largest absolute Gasteiger partial charge is 0.508 e. The molecule has 23 heavy (non-hydrogen) atoms. The van der Waals surface area contributed by atoms with E-state index in [9.17, 15) is 5.11 Å². The highest BCUT2D eigenvalue weighted by molar-refractivity contribution is 5.34. The lowest BCUT2D eigenvalue weighted by molar-refractivity contribution is 0.457. The van der Waals surface area contributed by atoms with E-state index >= 15 is 0 Å². The second-order valence-electron chi connectivity index (χ2n) is 7.14. The predicted octanol–water partition coefficient (Wildman–Crippen LogP) is 7.59. The molecule has 1 unspecified atom stereocenters. The zero-order valence-corrected chi connectivity index (χ0v) is 15.5. The molecule has 0 saturated heterocycles. The minimum Gasteiger partial charge on any atom is -0.508 e. The van der Waals surface area contributed by atoms with Crippen molar-refractivity contribution in [2.24, 2.45) is 0 Å². The number of benzene rings is 1. The van der Waals surface area contributed by atoms with Gasteiger partial charge in [-0.05, 0) is 24.0 Å². The summed E-state index contributed by atoms with van der Waals surface area (Å²) in [4.78, 5) is 0. The molecule has 1 nitrogen and oxygen atoms in total. The van der Waals surface area contributed by atoms with Gasteiger partial charge in [-0.25, -0.2) is 0 Å². The van der Waals surface area contributed by atoms with Crippen molar-refractivity contribution in [3.05, 3.63) is 29.8 Å². The molecule has 1 heteroatoms. The fourth-order valence-corrected chi connectivity index (χ4v) is 3.35. The second kappa shape index (κ2) is 13.5. The van der Waals surface area contributed by atoms with Gasteiger partial charge in [-0.15, -0.1) is 0 Å². The molecule has 0 spiro atoms. The highest BCUT2D eigenvalue weighted by Gasteiger charge is 2.08. The summed E-state index contributed by atoms with van der Waals surface area (Å²) in [6.45, 7) is 4.51. The Kier molecular flexibility index (Phi) is 11.7. The Morgan fingerprint density at radius 3 is 1.74 bits per heavy atom. The lowest BCUT2D eigenvalue weighted by atomic mass is 9.94. The van der Waals surface area contributed by atoms with Gasteiger partial charge >= 0.3 is 0 Å². The lowest BCUT2D eigenvalue weighted by Gasteiger charge is -2.13. The summed E-state index contributed by atoms with van der Waals surface area (Å²) < 4.78 is 0. The van der Waals surface area contributed by atoms with Gasteiger partial charge in [0.1, 0.15) is 5.75 Å². The van der Waals surface area contributed by atoms with Gasteiger partial charge in [0, 0.05) is 0 Å². The Labute approximate surface area is 144 Å². The number of aromatic hydroxyl groups is 1. The molecule has 0 fully saturated rings. The molecule has 1 rings (SSSR count). The molecule has 132 valence electrons. The normalized spacial score (nSPS) is 12.4. The van der Waals surface area contributed by atoms with Crippen LogP contribution in [0.3, 0.4) is 0 Å². The van der Waals surface area contributed by atoms with Gasteiger partial charge in [0.2, 0.25) is 0 Å². The van der Waals surface area contributed by atoms with Gasteiger partial charge in [-0.1, -0.05) is 109 Å². The van der Waals surface area contributed by atoms with Gasteiger partial charge in [-0.2, -0.15) is 0 Å². The van der Waals surface area contributed by atoms with Crippen molar-refractivity contribution < 1.29 is 5.11 Å². The third-order valence-corrected chi connectivity index (χ3v) is 4.96. The van der Waals surface area contributed by atoms with Crippen molar-refractivity contribution in [1.29, 1.82) is 0 Å². The molecular formula is C22H38O. The third kappa shape index (κ3) is 9.69. The van der Waals surface area contributed by atoms with Crippen LogP contribution in [0.15, 0.2) is 24.3 Å². The molecule has 1 aromatic carbocycles. The average Bonchev–Trinajstić information content (AvgIpc) is 2.56. The van der Waals surface area contributed by atoms with E-state index in [4.69, 9.17) is 0 Å². The second-order valence-corrected chi connectivity index (χ2v) is 7.14. The molecule has 0 aliphatic heterocycles. The van der Waals surface area contributed by atoms with E-state index in [1.807, 2.05) is 12.1 Å². The molecule has 0 bridgehead atoms. The lowest BCUT2D eigenvalue weighted by Crippen LogP contribution is -1.94. The van der Waals surface area contributed by atoms with Crippen LogP contribution < -0.4 is 0 Å². The fourth-order valence-electron chi connectivity index (χ4n) is 3.35. The van der Waals surface area contributed by atoms with E-state index in [-0.39, 0.29) is 0 Å². The van der Waals surface area contributed by atoms with Gasteiger partial charge in [0.25, 0.3) is 0 Å². The van der Waals surface area contributed by atoms with Crippen LogP contribution in [-0.4, -0.2) is 5.11 Å². The average molecular weight is 319 g/mol. The zero-order chi connectivity index (χ0) is 16.8. The van der Waals surface area contributed by atoms with Crippen LogP contribution in [0.4, 0.5) is 0 Å². The van der Waals surface area contributed by atoms with E-state index in [2.05, 4.69) is 19.9 Å². The molecule has 0 heterocycles. The summed E-state index contributed by atoms with van der Waals surface area (Å²) >= 11 is 0. The first-order valence-corrected chi connectivity index (χ1v) is 10.0. The maximum atomic E-state index is 9.87. The SMILES string of the molecule is CCCCCCCCCCCCCCC(C)c1ccccc1O. The van der Waals surface area contributed by atoms with Crippen LogP contribution in [-0.2, 0) is 0 Å². The van der Waals surface area contributed by atoms with Crippen LogP contribution in [0.25, 0.3) is 0 Å². The highest BCUT2D eigenvalue weighted by atomic mass is 16.3. The van der Waals surface area contributed by atoms with E-state index in [0.29, 0.717) is 11.7 Å². The molecule has 0 amide bonds. The minimum atomic E-state index is 0.457.